The summed E-state index contributed by atoms with van der Waals surface area (Å²) in [6.07, 6.45) is 1.12. The molecule has 0 radical (unpaired) electrons. The van der Waals surface area contributed by atoms with Gasteiger partial charge in [0.05, 0.1) is 28.0 Å². The Bertz CT molecular complexity index is 1250. The van der Waals surface area contributed by atoms with E-state index in [0.29, 0.717) is 22.4 Å². The fourth-order valence-corrected chi connectivity index (χ4v) is 6.35. The van der Waals surface area contributed by atoms with E-state index in [1.54, 1.807) is 17.0 Å². The number of methoxy groups -OCH3 is 1. The van der Waals surface area contributed by atoms with E-state index in [1.165, 1.54) is 30.6 Å². The molecular formula is C24H31Cl2N3O4S2. The second kappa shape index (κ2) is 12.9. The van der Waals surface area contributed by atoms with E-state index in [1.807, 2.05) is 33.2 Å². The zero-order chi connectivity index (χ0) is 24.9. The molecule has 11 heteroatoms. The van der Waals surface area contributed by atoms with Crippen molar-refractivity contribution in [3.8, 4) is 5.75 Å². The summed E-state index contributed by atoms with van der Waals surface area (Å²) in [5.41, 5.74) is 1.79. The summed E-state index contributed by atoms with van der Waals surface area (Å²) in [6, 6.07) is 10.00. The van der Waals surface area contributed by atoms with Crippen molar-refractivity contribution in [3.63, 3.8) is 0 Å². The molecule has 3 rings (SSSR count). The SMILES string of the molecule is COc1ccc(S(=O)(=O)CCCC(=O)N(CCCN(C)C)c2nc3c(C)cc(Cl)cc3s2)cc1.Cl. The molecule has 7 nitrogen and oxygen atoms in total. The van der Waals surface area contributed by atoms with Gasteiger partial charge in [0.15, 0.2) is 15.0 Å². The highest BCUT2D eigenvalue weighted by molar-refractivity contribution is 7.91. The lowest BCUT2D eigenvalue weighted by Crippen LogP contribution is -2.33. The minimum Gasteiger partial charge on any atom is -0.497 e. The summed E-state index contributed by atoms with van der Waals surface area (Å²) in [5, 5.41) is 1.25. The maximum Gasteiger partial charge on any atom is 0.228 e. The van der Waals surface area contributed by atoms with Crippen LogP contribution in [-0.4, -0.2) is 64.3 Å². The van der Waals surface area contributed by atoms with Crippen LogP contribution in [0.5, 0.6) is 5.75 Å². The van der Waals surface area contributed by atoms with E-state index in [0.717, 1.165) is 28.7 Å². The smallest absolute Gasteiger partial charge is 0.228 e. The number of aryl methyl sites for hydroxylation is 1. The largest absolute Gasteiger partial charge is 0.497 e. The number of hydrogen-bond donors (Lipinski definition) is 0. The van der Waals surface area contributed by atoms with Crippen LogP contribution in [0.2, 0.25) is 5.02 Å². The molecule has 0 spiro atoms. The number of aromatic nitrogens is 1. The molecule has 3 aromatic rings. The molecule has 35 heavy (non-hydrogen) atoms. The number of anilines is 1. The van der Waals surface area contributed by atoms with Crippen LogP contribution in [0.3, 0.4) is 0 Å². The third kappa shape index (κ3) is 7.79. The first-order valence-electron chi connectivity index (χ1n) is 11.0. The van der Waals surface area contributed by atoms with Gasteiger partial charge in [0.1, 0.15) is 5.75 Å². The van der Waals surface area contributed by atoms with Crippen molar-refractivity contribution in [1.29, 1.82) is 0 Å². The Morgan fingerprint density at radius 2 is 1.80 bits per heavy atom. The predicted molar refractivity (Wildman–Crippen MR) is 146 cm³/mol. The van der Waals surface area contributed by atoms with E-state index >= 15 is 0 Å². The zero-order valence-electron chi connectivity index (χ0n) is 20.3. The zero-order valence-corrected chi connectivity index (χ0v) is 23.5. The second-order valence-corrected chi connectivity index (χ2v) is 11.9. The van der Waals surface area contributed by atoms with Crippen molar-refractivity contribution in [2.75, 3.05) is 44.9 Å². The molecule has 0 saturated heterocycles. The molecule has 192 valence electrons. The molecule has 0 aliphatic carbocycles. The Hall–Kier alpha value is -1.91. The normalized spacial score (nSPS) is 11.5. The molecule has 1 heterocycles. The van der Waals surface area contributed by atoms with Gasteiger partial charge in [-0.1, -0.05) is 22.9 Å². The number of nitrogens with zero attached hydrogens (tertiary/aromatic N) is 3. The molecule has 1 amide bonds. The van der Waals surface area contributed by atoms with E-state index in [4.69, 9.17) is 21.3 Å². The monoisotopic (exact) mass is 559 g/mol. The first kappa shape index (κ1) is 29.3. The van der Waals surface area contributed by atoms with Crippen molar-refractivity contribution >= 4 is 66.4 Å². The standard InChI is InChI=1S/C24H30ClN3O4S2.ClH/c1-17-15-18(25)16-21-23(17)26-24(33-21)28(13-6-12-27(2)3)22(29)7-5-14-34(30,31)20-10-8-19(32-4)9-11-20;/h8-11,15-16H,5-7,12-14H2,1-4H3;1H. The van der Waals surface area contributed by atoms with Gasteiger partial charge >= 0.3 is 0 Å². The number of ether oxygens (including phenoxy) is 1. The Balaban J connectivity index is 0.00000432. The number of benzene rings is 2. The van der Waals surface area contributed by atoms with Crippen LogP contribution in [0.4, 0.5) is 5.13 Å². The van der Waals surface area contributed by atoms with Crippen molar-refractivity contribution < 1.29 is 17.9 Å². The summed E-state index contributed by atoms with van der Waals surface area (Å²) in [4.78, 5) is 21.9. The first-order valence-corrected chi connectivity index (χ1v) is 13.8. The van der Waals surface area contributed by atoms with Gasteiger partial charge in [-0.25, -0.2) is 13.4 Å². The number of amides is 1. The molecule has 0 saturated carbocycles. The van der Waals surface area contributed by atoms with Crippen molar-refractivity contribution in [2.45, 2.75) is 31.1 Å². The predicted octanol–water partition coefficient (Wildman–Crippen LogP) is 5.23. The van der Waals surface area contributed by atoms with E-state index in [-0.39, 0.29) is 41.8 Å². The van der Waals surface area contributed by atoms with Crippen molar-refractivity contribution in [3.05, 3.63) is 47.0 Å². The topological polar surface area (TPSA) is 79.8 Å². The third-order valence-electron chi connectivity index (χ3n) is 5.38. The summed E-state index contributed by atoms with van der Waals surface area (Å²) in [7, 11) is 2.01. The lowest BCUT2D eigenvalue weighted by Gasteiger charge is -2.21. The van der Waals surface area contributed by atoms with Crippen LogP contribution in [0.25, 0.3) is 10.2 Å². The van der Waals surface area contributed by atoms with E-state index in [9.17, 15) is 13.2 Å². The number of halogens is 2. The first-order chi connectivity index (χ1) is 16.1. The van der Waals surface area contributed by atoms with Crippen molar-refractivity contribution in [1.82, 2.24) is 9.88 Å². The Morgan fingerprint density at radius 3 is 2.43 bits per heavy atom. The molecule has 0 aliphatic rings. The van der Waals surface area contributed by atoms with Crippen LogP contribution >= 0.6 is 35.3 Å². The van der Waals surface area contributed by atoms with Crippen LogP contribution in [0.1, 0.15) is 24.8 Å². The highest BCUT2D eigenvalue weighted by Crippen LogP contribution is 2.33. The van der Waals surface area contributed by atoms with Gasteiger partial charge in [0.25, 0.3) is 0 Å². The van der Waals surface area contributed by atoms with Crippen LogP contribution in [0, 0.1) is 6.92 Å². The van der Waals surface area contributed by atoms with Gasteiger partial charge in [0.2, 0.25) is 5.91 Å². The van der Waals surface area contributed by atoms with Gasteiger partial charge in [-0.15, -0.1) is 12.4 Å². The van der Waals surface area contributed by atoms with Crippen LogP contribution in [0.15, 0.2) is 41.3 Å². The molecular weight excluding hydrogens is 529 g/mol. The molecule has 0 aliphatic heterocycles. The summed E-state index contributed by atoms with van der Waals surface area (Å²) in [6.45, 7) is 3.28. The molecule has 1 aromatic heterocycles. The average molecular weight is 561 g/mol. The van der Waals surface area contributed by atoms with Crippen LogP contribution < -0.4 is 9.64 Å². The molecule has 0 N–H and O–H groups in total. The number of carbonyl (C=O) groups excluding carboxylic acids is 1. The Kier molecular flexibility index (Phi) is 10.8. The average Bonchev–Trinajstić information content (AvgIpc) is 3.20. The Labute approximate surface area is 222 Å². The maximum atomic E-state index is 13.2. The third-order valence-corrected chi connectivity index (χ3v) is 8.44. The molecule has 0 bridgehead atoms. The highest BCUT2D eigenvalue weighted by Gasteiger charge is 2.22. The van der Waals surface area contributed by atoms with Gasteiger partial charge in [-0.2, -0.15) is 0 Å². The molecule has 2 aromatic carbocycles. The summed E-state index contributed by atoms with van der Waals surface area (Å²) >= 11 is 7.63. The molecule has 0 fully saturated rings. The van der Waals surface area contributed by atoms with Gasteiger partial charge < -0.3 is 9.64 Å². The fourth-order valence-electron chi connectivity index (χ4n) is 3.58. The number of sulfone groups is 1. The minimum absolute atomic E-state index is 0. The lowest BCUT2D eigenvalue weighted by atomic mass is 10.2. The number of carbonyl (C=O) groups is 1. The quantitative estimate of drug-likeness (QED) is 0.320. The lowest BCUT2D eigenvalue weighted by molar-refractivity contribution is -0.118. The maximum absolute atomic E-state index is 13.2. The fraction of sp³-hybridized carbons (Fsp3) is 0.417. The van der Waals surface area contributed by atoms with Crippen LogP contribution in [-0.2, 0) is 14.6 Å². The number of hydrogen-bond acceptors (Lipinski definition) is 7. The molecule has 0 unspecified atom stereocenters. The molecule has 0 atom stereocenters. The number of fused-ring (bicyclic) bond motifs is 1. The van der Waals surface area contributed by atoms with E-state index < -0.39 is 9.84 Å². The number of thiazole rings is 1. The van der Waals surface area contributed by atoms with Gasteiger partial charge in [-0.05, 0) is 82.4 Å². The summed E-state index contributed by atoms with van der Waals surface area (Å²) < 4.78 is 31.4. The number of rotatable bonds is 11. The second-order valence-electron chi connectivity index (χ2n) is 8.37. The highest BCUT2D eigenvalue weighted by atomic mass is 35.5. The van der Waals surface area contributed by atoms with Gasteiger partial charge in [-0.3, -0.25) is 9.69 Å². The summed E-state index contributed by atoms with van der Waals surface area (Å²) in [5.74, 6) is 0.354. The minimum atomic E-state index is -3.49. The van der Waals surface area contributed by atoms with E-state index in [2.05, 4.69) is 4.90 Å². The Morgan fingerprint density at radius 1 is 1.11 bits per heavy atom. The van der Waals surface area contributed by atoms with Crippen molar-refractivity contribution in [2.24, 2.45) is 0 Å². The van der Waals surface area contributed by atoms with Gasteiger partial charge in [0, 0.05) is 18.0 Å².